The molecule has 5 nitrogen and oxygen atoms in total. The first kappa shape index (κ1) is 24.6. The average molecular weight is 396 g/mol. The lowest BCUT2D eigenvalue weighted by atomic mass is 10.1. The van der Waals surface area contributed by atoms with Crippen LogP contribution in [0.1, 0.15) is 85.0 Å². The molecule has 0 spiro atoms. The molecule has 0 heterocycles. The third-order valence-corrected chi connectivity index (χ3v) is 6.20. The smallest absolute Gasteiger partial charge is 0.407 e. The Morgan fingerprint density at radius 2 is 1.32 bits per heavy atom. The van der Waals surface area contributed by atoms with E-state index in [2.05, 4.69) is 5.32 Å². The molecule has 7 heteroatoms. The minimum Gasteiger partial charge on any atom is -0.444 e. The van der Waals surface area contributed by atoms with Gasteiger partial charge in [0.2, 0.25) is 0 Å². The molecule has 0 rings (SSSR count). The number of alkyl carbamates (subject to hydrolysis) is 1. The SMILES string of the molecule is CC(C)(C)OC(=O)NCCCCCCCCCCCCSS(C)(=O)=O. The number of carbonyl (C=O) groups excluding carboxylic acids is 1. The zero-order valence-electron chi connectivity index (χ0n) is 16.4. The predicted octanol–water partition coefficient (Wildman–Crippen LogP) is 5.10. The molecule has 0 aromatic rings. The molecule has 0 saturated heterocycles. The maximum absolute atomic E-state index is 11.4. The first-order chi connectivity index (χ1) is 11.6. The van der Waals surface area contributed by atoms with Gasteiger partial charge in [0.15, 0.2) is 8.87 Å². The van der Waals surface area contributed by atoms with Gasteiger partial charge in [-0.3, -0.25) is 0 Å². The van der Waals surface area contributed by atoms with Crippen molar-refractivity contribution < 1.29 is 17.9 Å². The van der Waals surface area contributed by atoms with E-state index >= 15 is 0 Å². The number of carbonyl (C=O) groups is 1. The van der Waals surface area contributed by atoms with Crippen molar-refractivity contribution in [2.45, 2.75) is 90.6 Å². The number of rotatable bonds is 14. The predicted molar refractivity (Wildman–Crippen MR) is 108 cm³/mol. The van der Waals surface area contributed by atoms with E-state index in [9.17, 15) is 13.2 Å². The van der Waals surface area contributed by atoms with E-state index in [0.29, 0.717) is 6.54 Å². The molecular formula is C18H37NO4S2. The number of hydrogen-bond acceptors (Lipinski definition) is 5. The second-order valence-electron chi connectivity index (χ2n) is 7.49. The molecule has 0 radical (unpaired) electrons. The van der Waals surface area contributed by atoms with Crippen molar-refractivity contribution in [2.75, 3.05) is 18.6 Å². The van der Waals surface area contributed by atoms with Crippen LogP contribution in [0.3, 0.4) is 0 Å². The van der Waals surface area contributed by atoms with Crippen molar-refractivity contribution in [1.29, 1.82) is 0 Å². The van der Waals surface area contributed by atoms with Crippen LogP contribution in [0, 0.1) is 0 Å². The van der Waals surface area contributed by atoms with Gasteiger partial charge in [0.1, 0.15) is 5.60 Å². The van der Waals surface area contributed by atoms with Crippen LogP contribution in [-0.2, 0) is 13.6 Å². The number of hydrogen-bond donors (Lipinski definition) is 1. The van der Waals surface area contributed by atoms with Crippen LogP contribution in [0.5, 0.6) is 0 Å². The molecule has 0 aromatic carbocycles. The molecule has 0 atom stereocenters. The summed E-state index contributed by atoms with van der Waals surface area (Å²) in [5, 5.41) is 2.78. The van der Waals surface area contributed by atoms with Crippen molar-refractivity contribution >= 4 is 25.8 Å². The number of ether oxygens (including phenoxy) is 1. The molecule has 150 valence electrons. The van der Waals surface area contributed by atoms with Gasteiger partial charge >= 0.3 is 6.09 Å². The minimum absolute atomic E-state index is 0.331. The number of nitrogens with one attached hydrogen (secondary N) is 1. The highest BCUT2D eigenvalue weighted by Crippen LogP contribution is 2.15. The van der Waals surface area contributed by atoms with Gasteiger partial charge in [-0.1, -0.05) is 51.4 Å². The molecule has 0 aromatic heterocycles. The summed E-state index contributed by atoms with van der Waals surface area (Å²) in [4.78, 5) is 11.4. The quantitative estimate of drug-likeness (QED) is 0.327. The van der Waals surface area contributed by atoms with Gasteiger partial charge in [0.25, 0.3) is 0 Å². The molecule has 0 bridgehead atoms. The summed E-state index contributed by atoms with van der Waals surface area (Å²) in [7, 11) is -1.81. The van der Waals surface area contributed by atoms with Crippen LogP contribution >= 0.6 is 10.8 Å². The molecule has 0 aliphatic heterocycles. The standard InChI is InChI=1S/C18H37NO4S2/c1-18(2,3)23-17(20)19-15-13-11-9-7-5-6-8-10-12-14-16-24-25(4,21)22/h5-16H2,1-4H3,(H,19,20). The highest BCUT2D eigenvalue weighted by molar-refractivity contribution is 8.71. The van der Waals surface area contributed by atoms with E-state index in [1.54, 1.807) is 0 Å². The van der Waals surface area contributed by atoms with Gasteiger partial charge in [-0.05, 0) is 44.4 Å². The van der Waals surface area contributed by atoms with Crippen molar-refractivity contribution in [1.82, 2.24) is 5.32 Å². The van der Waals surface area contributed by atoms with E-state index < -0.39 is 14.5 Å². The summed E-state index contributed by atoms with van der Waals surface area (Å²) < 4.78 is 27.1. The first-order valence-corrected chi connectivity index (χ1v) is 12.8. The van der Waals surface area contributed by atoms with Gasteiger partial charge in [-0.25, -0.2) is 13.2 Å². The fourth-order valence-electron chi connectivity index (χ4n) is 2.36. The van der Waals surface area contributed by atoms with Gasteiger partial charge < -0.3 is 10.1 Å². The second-order valence-corrected chi connectivity index (χ2v) is 12.1. The monoisotopic (exact) mass is 395 g/mol. The fraction of sp³-hybridized carbons (Fsp3) is 0.944. The van der Waals surface area contributed by atoms with Crippen LogP contribution in [0.25, 0.3) is 0 Å². The highest BCUT2D eigenvalue weighted by Gasteiger charge is 2.15. The Hall–Kier alpha value is -0.430. The Morgan fingerprint density at radius 3 is 1.76 bits per heavy atom. The fourth-order valence-corrected chi connectivity index (χ4v) is 4.24. The van der Waals surface area contributed by atoms with Crippen molar-refractivity contribution in [3.05, 3.63) is 0 Å². The van der Waals surface area contributed by atoms with Gasteiger partial charge in [-0.2, -0.15) is 0 Å². The number of amides is 1. The topological polar surface area (TPSA) is 72.5 Å². The molecule has 25 heavy (non-hydrogen) atoms. The lowest BCUT2D eigenvalue weighted by Crippen LogP contribution is -2.32. The van der Waals surface area contributed by atoms with Gasteiger partial charge in [0, 0.05) is 18.6 Å². The summed E-state index contributed by atoms with van der Waals surface area (Å²) in [6.07, 6.45) is 12.6. The molecule has 1 amide bonds. The summed E-state index contributed by atoms with van der Waals surface area (Å²) in [6.45, 7) is 6.27. The first-order valence-electron chi connectivity index (χ1n) is 9.41. The summed E-state index contributed by atoms with van der Waals surface area (Å²) in [6, 6.07) is 0. The third-order valence-electron chi connectivity index (χ3n) is 3.54. The zero-order chi connectivity index (χ0) is 19.2. The Bertz CT molecular complexity index is 444. The Kier molecular flexibility index (Phi) is 13.5. The molecule has 0 aliphatic rings. The second kappa shape index (κ2) is 13.7. The molecule has 0 saturated carbocycles. The van der Waals surface area contributed by atoms with Crippen LogP contribution in [0.4, 0.5) is 4.79 Å². The van der Waals surface area contributed by atoms with Crippen molar-refractivity contribution in [3.63, 3.8) is 0 Å². The highest BCUT2D eigenvalue weighted by atomic mass is 33.1. The lowest BCUT2D eigenvalue weighted by Gasteiger charge is -2.19. The average Bonchev–Trinajstić information content (AvgIpc) is 2.44. The summed E-state index contributed by atoms with van der Waals surface area (Å²) >= 11 is 0. The molecule has 0 unspecified atom stereocenters. The van der Waals surface area contributed by atoms with Gasteiger partial charge in [0.05, 0.1) is 0 Å². The third kappa shape index (κ3) is 21.5. The maximum Gasteiger partial charge on any atom is 0.407 e. The van der Waals surface area contributed by atoms with Crippen molar-refractivity contribution in [2.24, 2.45) is 0 Å². The van der Waals surface area contributed by atoms with E-state index in [1.165, 1.54) is 44.8 Å². The number of unbranched alkanes of at least 4 members (excludes halogenated alkanes) is 9. The van der Waals surface area contributed by atoms with Crippen molar-refractivity contribution in [3.8, 4) is 0 Å². The zero-order valence-corrected chi connectivity index (χ0v) is 18.1. The van der Waals surface area contributed by atoms with E-state index in [1.807, 2.05) is 20.8 Å². The summed E-state index contributed by atoms with van der Waals surface area (Å²) in [5.74, 6) is 0.718. The lowest BCUT2D eigenvalue weighted by molar-refractivity contribution is 0.0527. The minimum atomic E-state index is -2.87. The maximum atomic E-state index is 11.4. The Labute approximate surface area is 158 Å². The Balaban J connectivity index is 3.23. The van der Waals surface area contributed by atoms with Crippen LogP contribution in [-0.4, -0.2) is 38.7 Å². The normalized spacial score (nSPS) is 12.2. The summed E-state index contributed by atoms with van der Waals surface area (Å²) in [5.41, 5.74) is -0.434. The molecular weight excluding hydrogens is 358 g/mol. The van der Waals surface area contributed by atoms with Crippen LogP contribution in [0.15, 0.2) is 0 Å². The van der Waals surface area contributed by atoms with Gasteiger partial charge in [-0.15, -0.1) is 0 Å². The van der Waals surface area contributed by atoms with E-state index in [4.69, 9.17) is 4.74 Å². The van der Waals surface area contributed by atoms with Crippen LogP contribution in [0.2, 0.25) is 0 Å². The van der Waals surface area contributed by atoms with Crippen LogP contribution < -0.4 is 5.32 Å². The van der Waals surface area contributed by atoms with E-state index in [-0.39, 0.29) is 6.09 Å². The largest absolute Gasteiger partial charge is 0.444 e. The Morgan fingerprint density at radius 1 is 0.880 bits per heavy atom. The molecule has 0 aliphatic carbocycles. The molecule has 1 N–H and O–H groups in total. The van der Waals surface area contributed by atoms with E-state index in [0.717, 1.165) is 42.2 Å². The molecule has 0 fully saturated rings.